The molecule has 0 saturated carbocycles. The number of ketones is 1. The van der Waals surface area contributed by atoms with E-state index in [1.165, 1.54) is 6.92 Å². The SMILES string of the molecule is COC(c1ccccc1)c1noc(CC(C)=O)n1. The Balaban J connectivity index is 2.23. The minimum Gasteiger partial charge on any atom is -0.369 e. The Morgan fingerprint density at radius 3 is 2.72 bits per heavy atom. The lowest BCUT2D eigenvalue weighted by Gasteiger charge is -2.10. The highest BCUT2D eigenvalue weighted by atomic mass is 16.5. The van der Waals surface area contributed by atoms with Crippen molar-refractivity contribution in [3.8, 4) is 0 Å². The predicted octanol–water partition coefficient (Wildman–Crippen LogP) is 1.94. The van der Waals surface area contributed by atoms with Crippen LogP contribution in [0.2, 0.25) is 0 Å². The first-order valence-electron chi connectivity index (χ1n) is 5.60. The van der Waals surface area contributed by atoms with Crippen LogP contribution in [0.1, 0.15) is 30.3 Å². The van der Waals surface area contributed by atoms with E-state index in [2.05, 4.69) is 10.1 Å². The normalized spacial score (nSPS) is 12.3. The molecular weight excluding hydrogens is 232 g/mol. The second kappa shape index (κ2) is 5.55. The maximum Gasteiger partial charge on any atom is 0.234 e. The molecule has 0 radical (unpaired) electrons. The highest BCUT2D eigenvalue weighted by molar-refractivity contribution is 5.77. The maximum absolute atomic E-state index is 11.0. The van der Waals surface area contributed by atoms with Crippen LogP contribution in [0.5, 0.6) is 0 Å². The molecule has 5 heteroatoms. The fourth-order valence-electron chi connectivity index (χ4n) is 1.68. The number of ether oxygens (including phenoxy) is 1. The third kappa shape index (κ3) is 2.81. The van der Waals surface area contributed by atoms with Crippen molar-refractivity contribution in [2.24, 2.45) is 0 Å². The number of benzene rings is 1. The summed E-state index contributed by atoms with van der Waals surface area (Å²) in [7, 11) is 1.58. The van der Waals surface area contributed by atoms with Gasteiger partial charge in [0.25, 0.3) is 0 Å². The Morgan fingerprint density at radius 2 is 2.11 bits per heavy atom. The number of methoxy groups -OCH3 is 1. The summed E-state index contributed by atoms with van der Waals surface area (Å²) < 4.78 is 10.4. The molecule has 0 aliphatic carbocycles. The second-order valence-corrected chi connectivity index (χ2v) is 3.95. The van der Waals surface area contributed by atoms with E-state index in [0.717, 1.165) is 5.56 Å². The van der Waals surface area contributed by atoms with Crippen LogP contribution in [0.15, 0.2) is 34.9 Å². The minimum absolute atomic E-state index is 0.0149. The van der Waals surface area contributed by atoms with Crippen LogP contribution in [-0.4, -0.2) is 23.0 Å². The molecule has 0 N–H and O–H groups in total. The summed E-state index contributed by atoms with van der Waals surface area (Å²) in [6.45, 7) is 1.48. The Labute approximate surface area is 105 Å². The zero-order valence-corrected chi connectivity index (χ0v) is 10.3. The van der Waals surface area contributed by atoms with Gasteiger partial charge in [-0.25, -0.2) is 0 Å². The Hall–Kier alpha value is -2.01. The lowest BCUT2D eigenvalue weighted by atomic mass is 10.1. The summed E-state index contributed by atoms with van der Waals surface area (Å²) in [6, 6.07) is 9.60. The molecule has 18 heavy (non-hydrogen) atoms. The summed E-state index contributed by atoms with van der Waals surface area (Å²) >= 11 is 0. The van der Waals surface area contributed by atoms with Crippen molar-refractivity contribution in [3.05, 3.63) is 47.6 Å². The molecule has 1 unspecified atom stereocenters. The monoisotopic (exact) mass is 246 g/mol. The molecule has 0 aliphatic heterocycles. The first kappa shape index (κ1) is 12.4. The smallest absolute Gasteiger partial charge is 0.234 e. The molecule has 0 aliphatic rings. The molecule has 0 saturated heterocycles. The van der Waals surface area contributed by atoms with E-state index in [-0.39, 0.29) is 18.3 Å². The van der Waals surface area contributed by atoms with Gasteiger partial charge < -0.3 is 9.26 Å². The Bertz CT molecular complexity index is 522. The molecule has 0 spiro atoms. The highest BCUT2D eigenvalue weighted by Gasteiger charge is 2.20. The van der Waals surface area contributed by atoms with Gasteiger partial charge in [-0.05, 0) is 12.5 Å². The number of hydrogen-bond acceptors (Lipinski definition) is 5. The Morgan fingerprint density at radius 1 is 1.39 bits per heavy atom. The maximum atomic E-state index is 11.0. The van der Waals surface area contributed by atoms with Crippen LogP contribution >= 0.6 is 0 Å². The second-order valence-electron chi connectivity index (χ2n) is 3.95. The van der Waals surface area contributed by atoms with Crippen LogP contribution in [0.4, 0.5) is 0 Å². The molecule has 0 amide bonds. The average Bonchev–Trinajstić information content (AvgIpc) is 2.79. The summed E-state index contributed by atoms with van der Waals surface area (Å²) in [6.07, 6.45) is -0.228. The lowest BCUT2D eigenvalue weighted by molar-refractivity contribution is -0.116. The predicted molar refractivity (Wildman–Crippen MR) is 64.0 cm³/mol. The standard InChI is InChI=1S/C13H14N2O3/c1-9(16)8-11-14-13(15-18-11)12(17-2)10-6-4-3-5-7-10/h3-7,12H,8H2,1-2H3. The van der Waals surface area contributed by atoms with Crippen LogP contribution in [0.3, 0.4) is 0 Å². The van der Waals surface area contributed by atoms with E-state index in [0.29, 0.717) is 11.7 Å². The highest BCUT2D eigenvalue weighted by Crippen LogP contribution is 2.22. The van der Waals surface area contributed by atoms with E-state index in [9.17, 15) is 4.79 Å². The van der Waals surface area contributed by atoms with Crippen molar-refractivity contribution in [1.82, 2.24) is 10.1 Å². The van der Waals surface area contributed by atoms with Gasteiger partial charge in [-0.15, -0.1) is 0 Å². The quantitative estimate of drug-likeness (QED) is 0.806. The molecule has 2 rings (SSSR count). The topological polar surface area (TPSA) is 65.2 Å². The van der Waals surface area contributed by atoms with Crippen molar-refractivity contribution < 1.29 is 14.1 Å². The van der Waals surface area contributed by atoms with Crippen LogP contribution in [0, 0.1) is 0 Å². The van der Waals surface area contributed by atoms with Crippen LogP contribution < -0.4 is 0 Å². The number of hydrogen-bond donors (Lipinski definition) is 0. The third-order valence-electron chi connectivity index (χ3n) is 2.46. The Kier molecular flexibility index (Phi) is 3.84. The molecule has 1 heterocycles. The number of Topliss-reactive ketones (excluding diaryl/α,β-unsaturated/α-hetero) is 1. The van der Waals surface area contributed by atoms with Gasteiger partial charge in [0.2, 0.25) is 11.7 Å². The third-order valence-corrected chi connectivity index (χ3v) is 2.46. The number of nitrogens with zero attached hydrogens (tertiary/aromatic N) is 2. The fraction of sp³-hybridized carbons (Fsp3) is 0.308. The van der Waals surface area contributed by atoms with Gasteiger partial charge >= 0.3 is 0 Å². The average molecular weight is 246 g/mol. The van der Waals surface area contributed by atoms with Gasteiger partial charge in [0, 0.05) is 7.11 Å². The first-order chi connectivity index (χ1) is 8.70. The van der Waals surface area contributed by atoms with Gasteiger partial charge in [0.05, 0.1) is 6.42 Å². The number of rotatable bonds is 5. The molecule has 2 aromatic rings. The number of carbonyl (C=O) groups excluding carboxylic acids is 1. The lowest BCUT2D eigenvalue weighted by Crippen LogP contribution is -2.06. The van der Waals surface area contributed by atoms with Crippen molar-refractivity contribution >= 4 is 5.78 Å². The summed E-state index contributed by atoms with van der Waals surface area (Å²) in [5, 5.41) is 3.85. The van der Waals surface area contributed by atoms with Crippen molar-refractivity contribution in [1.29, 1.82) is 0 Å². The van der Waals surface area contributed by atoms with Gasteiger partial charge in [0.1, 0.15) is 11.9 Å². The molecule has 1 aromatic heterocycles. The van der Waals surface area contributed by atoms with Gasteiger partial charge in [-0.1, -0.05) is 35.5 Å². The first-order valence-corrected chi connectivity index (χ1v) is 5.60. The van der Waals surface area contributed by atoms with Crippen molar-refractivity contribution in [2.75, 3.05) is 7.11 Å². The van der Waals surface area contributed by atoms with E-state index in [1.54, 1.807) is 7.11 Å². The van der Waals surface area contributed by atoms with Crippen molar-refractivity contribution in [3.63, 3.8) is 0 Å². The zero-order valence-electron chi connectivity index (χ0n) is 10.3. The van der Waals surface area contributed by atoms with E-state index >= 15 is 0 Å². The van der Waals surface area contributed by atoms with Crippen molar-refractivity contribution in [2.45, 2.75) is 19.4 Å². The molecule has 1 aromatic carbocycles. The van der Waals surface area contributed by atoms with E-state index in [1.807, 2.05) is 30.3 Å². The molecule has 94 valence electrons. The summed E-state index contributed by atoms with van der Waals surface area (Å²) in [4.78, 5) is 15.1. The summed E-state index contributed by atoms with van der Waals surface area (Å²) in [5.41, 5.74) is 0.940. The van der Waals surface area contributed by atoms with E-state index < -0.39 is 0 Å². The minimum atomic E-state index is -0.379. The molecule has 5 nitrogen and oxygen atoms in total. The molecule has 0 bridgehead atoms. The molecule has 0 fully saturated rings. The molecular formula is C13H14N2O3. The molecule has 1 atom stereocenters. The zero-order chi connectivity index (χ0) is 13.0. The van der Waals surface area contributed by atoms with Crippen LogP contribution in [-0.2, 0) is 16.0 Å². The summed E-state index contributed by atoms with van der Waals surface area (Å²) in [5.74, 6) is 0.731. The van der Waals surface area contributed by atoms with Gasteiger partial charge in [-0.3, -0.25) is 4.79 Å². The number of carbonyl (C=O) groups is 1. The van der Waals surface area contributed by atoms with Crippen LogP contribution in [0.25, 0.3) is 0 Å². The number of aromatic nitrogens is 2. The largest absolute Gasteiger partial charge is 0.369 e. The fourth-order valence-corrected chi connectivity index (χ4v) is 1.68. The van der Waals surface area contributed by atoms with E-state index in [4.69, 9.17) is 9.26 Å². The van der Waals surface area contributed by atoms with Gasteiger partial charge in [-0.2, -0.15) is 4.98 Å². The van der Waals surface area contributed by atoms with Gasteiger partial charge in [0.15, 0.2) is 0 Å².